The van der Waals surface area contributed by atoms with Crippen LogP contribution in [0.25, 0.3) is 0 Å². The van der Waals surface area contributed by atoms with Crippen LogP contribution in [0.2, 0.25) is 0 Å². The highest BCUT2D eigenvalue weighted by Crippen LogP contribution is 2.20. The summed E-state index contributed by atoms with van der Waals surface area (Å²) < 4.78 is 0. The Morgan fingerprint density at radius 2 is 1.79 bits per heavy atom. The first-order valence-corrected chi connectivity index (χ1v) is 6.95. The molecule has 2 aromatic carbocycles. The molecule has 0 fully saturated rings. The van der Waals surface area contributed by atoms with Gasteiger partial charge in [0, 0.05) is 5.56 Å². The summed E-state index contributed by atoms with van der Waals surface area (Å²) in [6.07, 6.45) is 5.23. The van der Waals surface area contributed by atoms with Gasteiger partial charge < -0.3 is 0 Å². The highest BCUT2D eigenvalue weighted by molar-refractivity contribution is 5.78. The van der Waals surface area contributed by atoms with Crippen LogP contribution in [-0.4, -0.2) is 6.29 Å². The fraction of sp³-hybridized carbons (Fsp3) is 0.278. The van der Waals surface area contributed by atoms with Gasteiger partial charge >= 0.3 is 0 Å². The number of aryl methyl sites for hydroxylation is 1. The van der Waals surface area contributed by atoms with Gasteiger partial charge in [-0.1, -0.05) is 61.9 Å². The van der Waals surface area contributed by atoms with Gasteiger partial charge in [-0.05, 0) is 36.0 Å². The molecule has 0 aliphatic rings. The first-order chi connectivity index (χ1) is 9.35. The molecule has 0 aliphatic heterocycles. The summed E-state index contributed by atoms with van der Waals surface area (Å²) in [6, 6.07) is 16.4. The Morgan fingerprint density at radius 1 is 1.00 bits per heavy atom. The average molecular weight is 252 g/mol. The van der Waals surface area contributed by atoms with Crippen LogP contribution in [-0.2, 0) is 12.8 Å². The minimum atomic E-state index is 0.831. The van der Waals surface area contributed by atoms with E-state index < -0.39 is 0 Å². The van der Waals surface area contributed by atoms with E-state index in [1.807, 2.05) is 30.3 Å². The van der Waals surface area contributed by atoms with Crippen molar-refractivity contribution in [1.29, 1.82) is 0 Å². The maximum atomic E-state index is 11.2. The lowest BCUT2D eigenvalue weighted by atomic mass is 9.92. The van der Waals surface area contributed by atoms with Gasteiger partial charge in [-0.2, -0.15) is 0 Å². The number of carbonyl (C=O) groups excluding carboxylic acids is 1. The van der Waals surface area contributed by atoms with Crippen LogP contribution in [0, 0.1) is 0 Å². The molecule has 1 nitrogen and oxygen atoms in total. The van der Waals surface area contributed by atoms with E-state index in [0.717, 1.165) is 24.7 Å². The van der Waals surface area contributed by atoms with Crippen molar-refractivity contribution in [1.82, 2.24) is 0 Å². The van der Waals surface area contributed by atoms with Crippen LogP contribution in [0.1, 0.15) is 46.8 Å². The molecule has 19 heavy (non-hydrogen) atoms. The summed E-state index contributed by atoms with van der Waals surface area (Å²) in [5, 5.41) is 0. The second-order valence-electron chi connectivity index (χ2n) is 4.87. The largest absolute Gasteiger partial charge is 0.298 e. The van der Waals surface area contributed by atoms with E-state index in [1.165, 1.54) is 29.5 Å². The normalized spacial score (nSPS) is 10.4. The molecule has 2 rings (SSSR count). The molecule has 0 N–H and O–H groups in total. The number of hydrogen-bond donors (Lipinski definition) is 0. The van der Waals surface area contributed by atoms with Gasteiger partial charge in [-0.25, -0.2) is 0 Å². The van der Waals surface area contributed by atoms with Crippen LogP contribution in [0.15, 0.2) is 48.5 Å². The molecule has 1 heteroatoms. The van der Waals surface area contributed by atoms with Crippen molar-refractivity contribution in [2.24, 2.45) is 0 Å². The number of unbranched alkanes of at least 4 members (excludes halogenated alkanes) is 1. The third kappa shape index (κ3) is 3.54. The Kier molecular flexibility index (Phi) is 4.91. The van der Waals surface area contributed by atoms with Crippen molar-refractivity contribution >= 4 is 6.29 Å². The van der Waals surface area contributed by atoms with Gasteiger partial charge in [0.1, 0.15) is 6.29 Å². The molecule has 2 aromatic rings. The second-order valence-corrected chi connectivity index (χ2v) is 4.87. The third-order valence-electron chi connectivity index (χ3n) is 3.46. The van der Waals surface area contributed by atoms with Crippen molar-refractivity contribution in [2.45, 2.75) is 32.6 Å². The molecule has 0 saturated heterocycles. The smallest absolute Gasteiger partial charge is 0.150 e. The summed E-state index contributed by atoms with van der Waals surface area (Å²) >= 11 is 0. The summed E-state index contributed by atoms with van der Waals surface area (Å²) in [6.45, 7) is 2.19. The fourth-order valence-corrected chi connectivity index (χ4v) is 2.38. The van der Waals surface area contributed by atoms with Gasteiger partial charge in [-0.15, -0.1) is 0 Å². The predicted molar refractivity (Wildman–Crippen MR) is 79.7 cm³/mol. The van der Waals surface area contributed by atoms with Gasteiger partial charge in [-0.3, -0.25) is 4.79 Å². The van der Waals surface area contributed by atoms with Gasteiger partial charge in [0.2, 0.25) is 0 Å². The van der Waals surface area contributed by atoms with Gasteiger partial charge in [0.05, 0.1) is 0 Å². The van der Waals surface area contributed by atoms with Crippen molar-refractivity contribution < 1.29 is 4.79 Å². The zero-order chi connectivity index (χ0) is 13.5. The first kappa shape index (κ1) is 13.5. The van der Waals surface area contributed by atoms with Crippen LogP contribution in [0.3, 0.4) is 0 Å². The Balaban J connectivity index is 2.32. The standard InChI is InChI=1S/C18H20O/c1-2-3-10-16-11-7-12-17(14-19)18(16)13-15-8-5-4-6-9-15/h4-9,11-12,14H,2-3,10,13H2,1H3. The molecule has 0 radical (unpaired) electrons. The first-order valence-electron chi connectivity index (χ1n) is 6.95. The van der Waals surface area contributed by atoms with Gasteiger partial charge in [0.25, 0.3) is 0 Å². The quantitative estimate of drug-likeness (QED) is 0.695. The molecule has 0 bridgehead atoms. The number of carbonyl (C=O) groups is 1. The van der Waals surface area contributed by atoms with E-state index >= 15 is 0 Å². The van der Waals surface area contributed by atoms with Crippen LogP contribution in [0.4, 0.5) is 0 Å². The molecule has 0 saturated carbocycles. The summed E-state index contributed by atoms with van der Waals surface area (Å²) in [5.74, 6) is 0. The zero-order valence-electron chi connectivity index (χ0n) is 11.4. The van der Waals surface area contributed by atoms with Crippen molar-refractivity contribution in [3.05, 3.63) is 70.8 Å². The fourth-order valence-electron chi connectivity index (χ4n) is 2.38. The van der Waals surface area contributed by atoms with E-state index in [9.17, 15) is 4.79 Å². The van der Waals surface area contributed by atoms with E-state index in [-0.39, 0.29) is 0 Å². The van der Waals surface area contributed by atoms with Gasteiger partial charge in [0.15, 0.2) is 0 Å². The Labute approximate surface area is 115 Å². The van der Waals surface area contributed by atoms with E-state index in [1.54, 1.807) is 0 Å². The van der Waals surface area contributed by atoms with Crippen LogP contribution in [0.5, 0.6) is 0 Å². The summed E-state index contributed by atoms with van der Waals surface area (Å²) in [7, 11) is 0. The number of rotatable bonds is 6. The Bertz CT molecular complexity index is 529. The molecule has 0 unspecified atom stereocenters. The summed E-state index contributed by atoms with van der Waals surface area (Å²) in [4.78, 5) is 11.2. The molecule has 0 heterocycles. The van der Waals surface area contributed by atoms with Crippen LogP contribution < -0.4 is 0 Å². The Hall–Kier alpha value is -1.89. The molecule has 98 valence electrons. The minimum absolute atomic E-state index is 0.831. The zero-order valence-corrected chi connectivity index (χ0v) is 11.4. The molecular formula is C18H20O. The minimum Gasteiger partial charge on any atom is -0.298 e. The molecule has 0 aromatic heterocycles. The monoisotopic (exact) mass is 252 g/mol. The maximum absolute atomic E-state index is 11.2. The number of aldehydes is 1. The highest BCUT2D eigenvalue weighted by atomic mass is 16.1. The maximum Gasteiger partial charge on any atom is 0.150 e. The van der Waals surface area contributed by atoms with Crippen molar-refractivity contribution in [2.75, 3.05) is 0 Å². The summed E-state index contributed by atoms with van der Waals surface area (Å²) in [5.41, 5.74) is 4.60. The Morgan fingerprint density at radius 3 is 2.47 bits per heavy atom. The highest BCUT2D eigenvalue weighted by Gasteiger charge is 2.08. The predicted octanol–water partition coefficient (Wildman–Crippen LogP) is 4.43. The number of benzene rings is 2. The SMILES string of the molecule is CCCCc1cccc(C=O)c1Cc1ccccc1. The lowest BCUT2D eigenvalue weighted by Gasteiger charge is -2.12. The average Bonchev–Trinajstić information content (AvgIpc) is 2.47. The lowest BCUT2D eigenvalue weighted by Crippen LogP contribution is -2.01. The second kappa shape index (κ2) is 6.89. The molecule has 0 spiro atoms. The van der Waals surface area contributed by atoms with E-state index in [4.69, 9.17) is 0 Å². The third-order valence-corrected chi connectivity index (χ3v) is 3.46. The molecular weight excluding hydrogens is 232 g/mol. The van der Waals surface area contributed by atoms with Crippen molar-refractivity contribution in [3.63, 3.8) is 0 Å². The van der Waals surface area contributed by atoms with E-state index in [2.05, 4.69) is 25.1 Å². The number of hydrogen-bond acceptors (Lipinski definition) is 1. The molecule has 0 aliphatic carbocycles. The van der Waals surface area contributed by atoms with E-state index in [0.29, 0.717) is 0 Å². The lowest BCUT2D eigenvalue weighted by molar-refractivity contribution is 0.112. The van der Waals surface area contributed by atoms with Crippen molar-refractivity contribution in [3.8, 4) is 0 Å². The molecule has 0 amide bonds. The molecule has 0 atom stereocenters. The topological polar surface area (TPSA) is 17.1 Å². The van der Waals surface area contributed by atoms with Crippen LogP contribution >= 0.6 is 0 Å².